The van der Waals surface area contributed by atoms with Crippen LogP contribution in [-0.4, -0.2) is 7.05 Å². The second kappa shape index (κ2) is 5.02. The third kappa shape index (κ3) is 2.42. The predicted molar refractivity (Wildman–Crippen MR) is 68.4 cm³/mol. The summed E-state index contributed by atoms with van der Waals surface area (Å²) in [6.45, 7) is 1.97. The van der Waals surface area contributed by atoms with Crippen molar-refractivity contribution >= 4 is 15.9 Å². The summed E-state index contributed by atoms with van der Waals surface area (Å²) in [5.41, 5.74) is 2.91. The van der Waals surface area contributed by atoms with Crippen LogP contribution in [0.25, 0.3) is 0 Å². The molecule has 90 valence electrons. The Balaban J connectivity index is 2.49. The molecule has 0 aliphatic heterocycles. The molecule has 1 N–H and O–H groups in total. The summed E-state index contributed by atoms with van der Waals surface area (Å²) in [5, 5.41) is 3.17. The Bertz CT molecular complexity index is 524. The van der Waals surface area contributed by atoms with Crippen molar-refractivity contribution in [2.24, 2.45) is 0 Å². The molecule has 0 bridgehead atoms. The van der Waals surface area contributed by atoms with Crippen LogP contribution in [-0.2, 0) is 0 Å². The van der Waals surface area contributed by atoms with Gasteiger partial charge in [-0.1, -0.05) is 6.07 Å². The lowest BCUT2D eigenvalue weighted by atomic mass is 9.97. The molecule has 1 unspecified atom stereocenters. The maximum atomic E-state index is 13.3. The van der Waals surface area contributed by atoms with Gasteiger partial charge < -0.3 is 9.73 Å². The monoisotopic (exact) mass is 297 g/mol. The van der Waals surface area contributed by atoms with Crippen LogP contribution in [0.5, 0.6) is 0 Å². The number of rotatable bonds is 3. The first-order valence-electron chi connectivity index (χ1n) is 5.29. The van der Waals surface area contributed by atoms with Crippen LogP contribution < -0.4 is 5.32 Å². The number of aryl methyl sites for hydroxylation is 1. The zero-order valence-corrected chi connectivity index (χ0v) is 11.2. The van der Waals surface area contributed by atoms with Gasteiger partial charge in [0.2, 0.25) is 0 Å². The summed E-state index contributed by atoms with van der Waals surface area (Å²) in [6.07, 6.45) is 1.61. The molecule has 0 aliphatic rings. The van der Waals surface area contributed by atoms with Gasteiger partial charge >= 0.3 is 0 Å². The van der Waals surface area contributed by atoms with E-state index in [1.165, 1.54) is 6.07 Å². The maximum Gasteiger partial charge on any atom is 0.174 e. The normalized spacial score (nSPS) is 12.7. The summed E-state index contributed by atoms with van der Waals surface area (Å²) in [6, 6.07) is 6.59. The molecule has 0 radical (unpaired) electrons. The standard InChI is InChI=1S/C13H13BrFNO/c1-8-3-4-9(15)7-11(8)12(16-2)10-5-6-17-13(10)14/h3-7,12,16H,1-2H3. The van der Waals surface area contributed by atoms with Crippen LogP contribution >= 0.6 is 15.9 Å². The lowest BCUT2D eigenvalue weighted by Crippen LogP contribution is -2.18. The molecule has 1 aromatic carbocycles. The van der Waals surface area contributed by atoms with Crippen LogP contribution in [0.1, 0.15) is 22.7 Å². The minimum atomic E-state index is -0.231. The van der Waals surface area contributed by atoms with Crippen molar-refractivity contribution in [1.29, 1.82) is 0 Å². The van der Waals surface area contributed by atoms with E-state index in [4.69, 9.17) is 4.42 Å². The summed E-state index contributed by atoms with van der Waals surface area (Å²) in [5.74, 6) is -0.231. The van der Waals surface area contributed by atoms with E-state index >= 15 is 0 Å². The van der Waals surface area contributed by atoms with Crippen molar-refractivity contribution in [2.75, 3.05) is 7.05 Å². The Labute approximate surface area is 108 Å². The lowest BCUT2D eigenvalue weighted by molar-refractivity contribution is 0.529. The first-order chi connectivity index (χ1) is 8.13. The highest BCUT2D eigenvalue weighted by Crippen LogP contribution is 2.31. The van der Waals surface area contributed by atoms with Gasteiger partial charge in [-0.2, -0.15) is 0 Å². The molecule has 17 heavy (non-hydrogen) atoms. The zero-order chi connectivity index (χ0) is 12.4. The van der Waals surface area contributed by atoms with E-state index in [0.717, 1.165) is 16.7 Å². The van der Waals surface area contributed by atoms with Crippen molar-refractivity contribution in [3.63, 3.8) is 0 Å². The average molecular weight is 298 g/mol. The highest BCUT2D eigenvalue weighted by Gasteiger charge is 2.19. The molecule has 2 aromatic rings. The highest BCUT2D eigenvalue weighted by atomic mass is 79.9. The Morgan fingerprint density at radius 1 is 1.29 bits per heavy atom. The highest BCUT2D eigenvalue weighted by molar-refractivity contribution is 9.10. The van der Waals surface area contributed by atoms with Gasteiger partial charge in [-0.15, -0.1) is 0 Å². The summed E-state index contributed by atoms with van der Waals surface area (Å²) >= 11 is 3.35. The fraction of sp³-hybridized carbons (Fsp3) is 0.231. The molecule has 4 heteroatoms. The molecule has 2 nitrogen and oxygen atoms in total. The van der Waals surface area contributed by atoms with Crippen LogP contribution in [0.15, 0.2) is 39.6 Å². The first kappa shape index (κ1) is 12.3. The molecule has 0 saturated carbocycles. The van der Waals surface area contributed by atoms with Gasteiger partial charge in [-0.05, 0) is 59.2 Å². The number of hydrogen-bond acceptors (Lipinski definition) is 2. The molecule has 2 rings (SSSR count). The van der Waals surface area contributed by atoms with Gasteiger partial charge in [0.25, 0.3) is 0 Å². The number of hydrogen-bond donors (Lipinski definition) is 1. The maximum absolute atomic E-state index is 13.3. The Kier molecular flexibility index (Phi) is 3.64. The van der Waals surface area contributed by atoms with Gasteiger partial charge in [0.05, 0.1) is 12.3 Å². The van der Waals surface area contributed by atoms with Crippen LogP contribution in [0.3, 0.4) is 0 Å². The van der Waals surface area contributed by atoms with Crippen LogP contribution in [0, 0.1) is 12.7 Å². The Hall–Kier alpha value is -1.13. The molecule has 1 atom stereocenters. The van der Waals surface area contributed by atoms with Gasteiger partial charge in [-0.25, -0.2) is 4.39 Å². The molecule has 0 fully saturated rings. The quantitative estimate of drug-likeness (QED) is 0.932. The first-order valence-corrected chi connectivity index (χ1v) is 6.09. The van der Waals surface area contributed by atoms with E-state index in [1.807, 2.05) is 20.0 Å². The van der Waals surface area contributed by atoms with Crippen molar-refractivity contribution in [1.82, 2.24) is 5.32 Å². The largest absolute Gasteiger partial charge is 0.457 e. The third-order valence-electron chi connectivity index (χ3n) is 2.80. The minimum Gasteiger partial charge on any atom is -0.457 e. The van der Waals surface area contributed by atoms with E-state index in [1.54, 1.807) is 18.4 Å². The number of nitrogens with one attached hydrogen (secondary N) is 1. The third-order valence-corrected chi connectivity index (χ3v) is 3.44. The number of halogens is 2. The zero-order valence-electron chi connectivity index (χ0n) is 9.63. The van der Waals surface area contributed by atoms with Crippen molar-refractivity contribution in [3.05, 3.63) is 57.7 Å². The summed E-state index contributed by atoms with van der Waals surface area (Å²) in [4.78, 5) is 0. The van der Waals surface area contributed by atoms with Gasteiger partial charge in [0.15, 0.2) is 4.67 Å². The van der Waals surface area contributed by atoms with E-state index < -0.39 is 0 Å². The minimum absolute atomic E-state index is 0.0844. The summed E-state index contributed by atoms with van der Waals surface area (Å²) < 4.78 is 19.2. The average Bonchev–Trinajstić information content (AvgIpc) is 2.71. The van der Waals surface area contributed by atoms with E-state index in [0.29, 0.717) is 4.67 Å². The van der Waals surface area contributed by atoms with E-state index in [-0.39, 0.29) is 11.9 Å². The van der Waals surface area contributed by atoms with Crippen LogP contribution in [0.2, 0.25) is 0 Å². The van der Waals surface area contributed by atoms with Gasteiger partial charge in [0.1, 0.15) is 5.82 Å². The van der Waals surface area contributed by atoms with E-state index in [2.05, 4.69) is 21.2 Å². The molecule has 1 heterocycles. The van der Waals surface area contributed by atoms with Gasteiger partial charge in [0, 0.05) is 5.56 Å². The molecular formula is C13H13BrFNO. The molecule has 1 aromatic heterocycles. The summed E-state index contributed by atoms with van der Waals surface area (Å²) in [7, 11) is 1.84. The Morgan fingerprint density at radius 3 is 2.65 bits per heavy atom. The van der Waals surface area contributed by atoms with Crippen molar-refractivity contribution in [3.8, 4) is 0 Å². The fourth-order valence-electron chi connectivity index (χ4n) is 1.91. The number of benzene rings is 1. The smallest absolute Gasteiger partial charge is 0.174 e. The second-order valence-corrected chi connectivity index (χ2v) is 4.59. The molecular weight excluding hydrogens is 285 g/mol. The second-order valence-electron chi connectivity index (χ2n) is 3.87. The lowest BCUT2D eigenvalue weighted by Gasteiger charge is -2.18. The van der Waals surface area contributed by atoms with Crippen LogP contribution in [0.4, 0.5) is 4.39 Å². The van der Waals surface area contributed by atoms with E-state index in [9.17, 15) is 4.39 Å². The molecule has 0 amide bonds. The SMILES string of the molecule is CNC(c1cc(F)ccc1C)c1ccoc1Br. The number of furan rings is 1. The van der Waals surface area contributed by atoms with Crippen molar-refractivity contribution < 1.29 is 8.81 Å². The molecule has 0 saturated heterocycles. The molecule has 0 aliphatic carbocycles. The topological polar surface area (TPSA) is 25.2 Å². The van der Waals surface area contributed by atoms with Crippen molar-refractivity contribution in [2.45, 2.75) is 13.0 Å². The van der Waals surface area contributed by atoms with Gasteiger partial charge in [-0.3, -0.25) is 0 Å². The Morgan fingerprint density at radius 2 is 2.06 bits per heavy atom. The predicted octanol–water partition coefficient (Wildman–Crippen LogP) is 3.80. The molecule has 0 spiro atoms. The fourth-order valence-corrected chi connectivity index (χ4v) is 2.38.